The van der Waals surface area contributed by atoms with Crippen LogP contribution < -0.4 is 4.72 Å². The van der Waals surface area contributed by atoms with E-state index in [0.29, 0.717) is 13.2 Å². The van der Waals surface area contributed by atoms with Gasteiger partial charge < -0.3 is 13.9 Å². The van der Waals surface area contributed by atoms with E-state index < -0.39 is 26.0 Å². The minimum absolute atomic E-state index is 0.00784. The third kappa shape index (κ3) is 5.08. The number of hydrogen-bond acceptors (Lipinski definition) is 8. The molecule has 0 spiro atoms. The summed E-state index contributed by atoms with van der Waals surface area (Å²) in [6.07, 6.45) is 0. The number of hydrogen-bond donors (Lipinski definition) is 1. The predicted molar refractivity (Wildman–Crippen MR) is 105 cm³/mol. The van der Waals surface area contributed by atoms with Crippen molar-refractivity contribution in [2.75, 3.05) is 32.9 Å². The lowest BCUT2D eigenvalue weighted by atomic mass is 10.4. The molecule has 2 heterocycles. The summed E-state index contributed by atoms with van der Waals surface area (Å²) in [6.45, 7) is 2.81. The largest absolute Gasteiger partial charge is 0.460 e. The van der Waals surface area contributed by atoms with E-state index in [1.54, 1.807) is 6.92 Å². The van der Waals surface area contributed by atoms with Crippen molar-refractivity contribution in [2.45, 2.75) is 23.3 Å². The molecule has 1 aliphatic heterocycles. The summed E-state index contributed by atoms with van der Waals surface area (Å²) in [5.74, 6) is -0.430. The van der Waals surface area contributed by atoms with Gasteiger partial charge in [-0.2, -0.15) is 4.31 Å². The Labute approximate surface area is 174 Å². The number of ether oxygens (including phenoxy) is 2. The van der Waals surface area contributed by atoms with Crippen LogP contribution in [0.15, 0.2) is 50.6 Å². The highest BCUT2D eigenvalue weighted by atomic mass is 32.2. The Kier molecular flexibility index (Phi) is 6.93. The van der Waals surface area contributed by atoms with Gasteiger partial charge in [0.1, 0.15) is 5.76 Å². The van der Waals surface area contributed by atoms with Gasteiger partial charge in [-0.3, -0.25) is 0 Å². The Bertz CT molecular complexity index is 1090. The second-order valence-electron chi connectivity index (χ2n) is 6.30. The maximum atomic E-state index is 12.6. The second-order valence-corrected chi connectivity index (χ2v) is 10.0. The number of rotatable bonds is 8. The third-order valence-electron chi connectivity index (χ3n) is 4.32. The lowest BCUT2D eigenvalue weighted by Gasteiger charge is -2.26. The summed E-state index contributed by atoms with van der Waals surface area (Å²) < 4.78 is 69.1. The molecule has 1 N–H and O–H groups in total. The van der Waals surface area contributed by atoms with Gasteiger partial charge in [-0.25, -0.2) is 26.4 Å². The summed E-state index contributed by atoms with van der Waals surface area (Å²) in [5, 5.41) is 0. The molecule has 0 radical (unpaired) electrons. The van der Waals surface area contributed by atoms with Crippen molar-refractivity contribution in [2.24, 2.45) is 0 Å². The van der Waals surface area contributed by atoms with Crippen molar-refractivity contribution in [1.82, 2.24) is 9.03 Å². The van der Waals surface area contributed by atoms with Crippen LogP contribution in [0, 0.1) is 0 Å². The lowest BCUT2D eigenvalue weighted by molar-refractivity contribution is 0.0488. The molecule has 1 fully saturated rings. The Balaban J connectivity index is 1.67. The summed E-state index contributed by atoms with van der Waals surface area (Å²) in [7, 11) is -7.63. The van der Waals surface area contributed by atoms with E-state index >= 15 is 0 Å². The average molecular weight is 459 g/mol. The zero-order chi connectivity index (χ0) is 21.8. The fourth-order valence-electron chi connectivity index (χ4n) is 2.76. The molecule has 0 bridgehead atoms. The smallest absolute Gasteiger partial charge is 0.374 e. The number of carbonyl (C=O) groups excluding carboxylic acids is 1. The van der Waals surface area contributed by atoms with Gasteiger partial charge in [0.15, 0.2) is 0 Å². The van der Waals surface area contributed by atoms with Crippen molar-refractivity contribution in [1.29, 1.82) is 0 Å². The number of nitrogens with zero attached hydrogens (tertiary/aromatic N) is 1. The molecule has 1 aromatic heterocycles. The van der Waals surface area contributed by atoms with Crippen LogP contribution in [-0.2, 0) is 36.1 Å². The van der Waals surface area contributed by atoms with E-state index in [-0.39, 0.29) is 47.6 Å². The van der Waals surface area contributed by atoms with E-state index in [0.717, 1.165) is 0 Å². The SMILES string of the molecule is CCOC(=O)c1ccc(CNS(=O)(=O)c2ccc(S(=O)(=O)N3CCOCC3)cc2)o1. The molecule has 164 valence electrons. The maximum absolute atomic E-state index is 12.6. The van der Waals surface area contributed by atoms with Crippen molar-refractivity contribution in [3.63, 3.8) is 0 Å². The van der Waals surface area contributed by atoms with Gasteiger partial charge in [-0.05, 0) is 43.3 Å². The Morgan fingerprint density at radius 2 is 1.67 bits per heavy atom. The first kappa shape index (κ1) is 22.4. The zero-order valence-electron chi connectivity index (χ0n) is 16.2. The highest BCUT2D eigenvalue weighted by Crippen LogP contribution is 2.20. The van der Waals surface area contributed by atoms with E-state index in [9.17, 15) is 21.6 Å². The van der Waals surface area contributed by atoms with Crippen LogP contribution in [0.3, 0.4) is 0 Å². The van der Waals surface area contributed by atoms with Gasteiger partial charge in [0.25, 0.3) is 0 Å². The monoisotopic (exact) mass is 458 g/mol. The molecule has 30 heavy (non-hydrogen) atoms. The van der Waals surface area contributed by atoms with E-state index in [1.807, 2.05) is 0 Å². The molecule has 0 aliphatic carbocycles. The Hall–Kier alpha value is -2.25. The van der Waals surface area contributed by atoms with Gasteiger partial charge in [-0.15, -0.1) is 0 Å². The Morgan fingerprint density at radius 1 is 1.03 bits per heavy atom. The van der Waals surface area contributed by atoms with Gasteiger partial charge in [-0.1, -0.05) is 0 Å². The summed E-state index contributed by atoms with van der Waals surface area (Å²) >= 11 is 0. The molecular weight excluding hydrogens is 436 g/mol. The molecule has 3 rings (SSSR count). The number of furan rings is 1. The standard InChI is InChI=1S/C18H22N2O8S2/c1-2-27-18(21)17-8-3-14(28-17)13-19-29(22,23)15-4-6-16(7-5-15)30(24,25)20-9-11-26-12-10-20/h3-8,19H,2,9-13H2,1H3. The van der Waals surface area contributed by atoms with Crippen molar-refractivity contribution >= 4 is 26.0 Å². The molecule has 0 amide bonds. The molecule has 0 unspecified atom stereocenters. The van der Waals surface area contributed by atoms with Gasteiger partial charge >= 0.3 is 5.97 Å². The van der Waals surface area contributed by atoms with Crippen molar-refractivity contribution < 1.29 is 35.5 Å². The van der Waals surface area contributed by atoms with E-state index in [4.69, 9.17) is 13.9 Å². The number of morpholine rings is 1. The number of benzene rings is 1. The minimum Gasteiger partial charge on any atom is -0.460 e. The Morgan fingerprint density at radius 3 is 2.30 bits per heavy atom. The first-order valence-corrected chi connectivity index (χ1v) is 12.1. The summed E-state index contributed by atoms with van der Waals surface area (Å²) in [4.78, 5) is 11.5. The second kappa shape index (κ2) is 9.27. The number of carbonyl (C=O) groups is 1. The molecule has 2 aromatic rings. The van der Waals surface area contributed by atoms with Crippen LogP contribution in [0.25, 0.3) is 0 Å². The predicted octanol–water partition coefficient (Wildman–Crippen LogP) is 0.956. The highest BCUT2D eigenvalue weighted by Gasteiger charge is 2.27. The van der Waals surface area contributed by atoms with Crippen LogP contribution in [0.5, 0.6) is 0 Å². The first-order chi connectivity index (χ1) is 14.2. The number of nitrogens with one attached hydrogen (secondary N) is 1. The van der Waals surface area contributed by atoms with Crippen molar-refractivity contribution in [3.05, 3.63) is 47.9 Å². The van der Waals surface area contributed by atoms with Gasteiger partial charge in [0.05, 0.1) is 36.2 Å². The summed E-state index contributed by atoms with van der Waals surface area (Å²) in [6, 6.07) is 7.82. The topological polar surface area (TPSA) is 132 Å². The fourth-order valence-corrected chi connectivity index (χ4v) is 5.16. The van der Waals surface area contributed by atoms with E-state index in [2.05, 4.69) is 4.72 Å². The molecule has 1 saturated heterocycles. The normalized spacial score (nSPS) is 15.8. The zero-order valence-corrected chi connectivity index (χ0v) is 17.9. The summed E-state index contributed by atoms with van der Waals surface area (Å²) in [5.41, 5.74) is 0. The first-order valence-electron chi connectivity index (χ1n) is 9.17. The molecule has 1 aliphatic rings. The maximum Gasteiger partial charge on any atom is 0.374 e. The van der Waals surface area contributed by atoms with E-state index in [1.165, 1.54) is 40.7 Å². The van der Waals surface area contributed by atoms with Crippen LogP contribution in [0.1, 0.15) is 23.2 Å². The lowest BCUT2D eigenvalue weighted by Crippen LogP contribution is -2.40. The third-order valence-corrected chi connectivity index (χ3v) is 7.65. The van der Waals surface area contributed by atoms with Crippen LogP contribution in [-0.4, -0.2) is 60.0 Å². The van der Waals surface area contributed by atoms with Crippen LogP contribution in [0.2, 0.25) is 0 Å². The van der Waals surface area contributed by atoms with Gasteiger partial charge in [0.2, 0.25) is 25.8 Å². The highest BCUT2D eigenvalue weighted by molar-refractivity contribution is 7.89. The van der Waals surface area contributed by atoms with Crippen LogP contribution in [0.4, 0.5) is 0 Å². The average Bonchev–Trinajstić information content (AvgIpc) is 3.23. The molecule has 0 saturated carbocycles. The van der Waals surface area contributed by atoms with Crippen molar-refractivity contribution in [3.8, 4) is 0 Å². The molecular formula is C18H22N2O8S2. The number of esters is 1. The molecule has 12 heteroatoms. The number of sulfonamides is 2. The minimum atomic E-state index is -3.92. The molecule has 1 aromatic carbocycles. The molecule has 0 atom stereocenters. The van der Waals surface area contributed by atoms with Gasteiger partial charge in [0, 0.05) is 13.1 Å². The molecule has 10 nitrogen and oxygen atoms in total. The fraction of sp³-hybridized carbons (Fsp3) is 0.389. The van der Waals surface area contributed by atoms with Crippen LogP contribution >= 0.6 is 0 Å². The quantitative estimate of drug-likeness (QED) is 0.579.